The fourth-order valence-electron chi connectivity index (χ4n) is 3.83. The molecule has 1 aromatic heterocycles. The van der Waals surface area contributed by atoms with Crippen LogP contribution in [0.15, 0.2) is 91.0 Å². The zero-order valence-electron chi connectivity index (χ0n) is 14.0. The molecule has 0 N–H and O–H groups in total. The summed E-state index contributed by atoms with van der Waals surface area (Å²) < 4.78 is 2.36. The number of aromatic nitrogens is 1. The van der Waals surface area contributed by atoms with Gasteiger partial charge in [0.2, 0.25) is 0 Å². The van der Waals surface area contributed by atoms with E-state index in [9.17, 15) is 0 Å². The minimum Gasteiger partial charge on any atom is -0.309 e. The number of allylic oxidation sites excluding steroid dienone is 4. The van der Waals surface area contributed by atoms with Crippen molar-refractivity contribution in [2.75, 3.05) is 0 Å². The Labute approximate surface area is 147 Å². The molecule has 0 aliphatic heterocycles. The van der Waals surface area contributed by atoms with E-state index in [0.29, 0.717) is 0 Å². The molecule has 5 rings (SSSR count). The maximum absolute atomic E-state index is 2.36. The highest BCUT2D eigenvalue weighted by atomic mass is 15.0. The highest BCUT2D eigenvalue weighted by Gasteiger charge is 2.11. The molecule has 1 heteroatoms. The first-order chi connectivity index (χ1) is 12.4. The molecular formula is C24H19N. The van der Waals surface area contributed by atoms with Crippen LogP contribution in [0.4, 0.5) is 0 Å². The van der Waals surface area contributed by atoms with Crippen LogP contribution in [0, 0.1) is 0 Å². The van der Waals surface area contributed by atoms with Gasteiger partial charge in [-0.05, 0) is 48.2 Å². The van der Waals surface area contributed by atoms with Crippen LogP contribution in [0.1, 0.15) is 18.4 Å². The van der Waals surface area contributed by atoms with Crippen LogP contribution in [-0.4, -0.2) is 4.57 Å². The van der Waals surface area contributed by atoms with E-state index in [1.165, 1.54) is 38.6 Å². The first kappa shape index (κ1) is 14.3. The lowest BCUT2D eigenvalue weighted by Gasteiger charge is -2.11. The molecule has 0 saturated heterocycles. The minimum absolute atomic E-state index is 1.14. The van der Waals surface area contributed by atoms with Crippen molar-refractivity contribution in [3.8, 4) is 5.69 Å². The van der Waals surface area contributed by atoms with Crippen LogP contribution in [0.5, 0.6) is 0 Å². The molecular weight excluding hydrogens is 302 g/mol. The van der Waals surface area contributed by atoms with Crippen LogP contribution < -0.4 is 0 Å². The highest BCUT2D eigenvalue weighted by molar-refractivity contribution is 6.09. The van der Waals surface area contributed by atoms with E-state index in [1.54, 1.807) is 0 Å². The van der Waals surface area contributed by atoms with Crippen LogP contribution in [0.2, 0.25) is 0 Å². The van der Waals surface area contributed by atoms with E-state index in [-0.39, 0.29) is 0 Å². The average molecular weight is 321 g/mol. The number of nitrogens with zero attached hydrogens (tertiary/aromatic N) is 1. The van der Waals surface area contributed by atoms with E-state index >= 15 is 0 Å². The maximum atomic E-state index is 2.36. The zero-order chi connectivity index (χ0) is 16.6. The number of benzene rings is 3. The van der Waals surface area contributed by atoms with Crippen LogP contribution in [0.25, 0.3) is 33.1 Å². The second kappa shape index (κ2) is 5.78. The second-order valence-electron chi connectivity index (χ2n) is 6.56. The van der Waals surface area contributed by atoms with Gasteiger partial charge < -0.3 is 4.57 Å². The van der Waals surface area contributed by atoms with Gasteiger partial charge in [0, 0.05) is 16.5 Å². The molecule has 0 spiro atoms. The predicted octanol–water partition coefficient (Wildman–Crippen LogP) is 6.52. The maximum Gasteiger partial charge on any atom is 0.0541 e. The van der Waals surface area contributed by atoms with Crippen molar-refractivity contribution in [2.45, 2.75) is 12.8 Å². The fraction of sp³-hybridized carbons (Fsp3) is 0.0833. The number of hydrogen-bond donors (Lipinski definition) is 0. The Bertz CT molecular complexity index is 1070. The summed E-state index contributed by atoms with van der Waals surface area (Å²) in [5.74, 6) is 0. The van der Waals surface area contributed by atoms with Crippen LogP contribution in [-0.2, 0) is 0 Å². The molecule has 1 heterocycles. The number of para-hydroxylation sites is 2. The Morgan fingerprint density at radius 1 is 0.640 bits per heavy atom. The molecule has 0 bridgehead atoms. The van der Waals surface area contributed by atoms with Gasteiger partial charge in [0.25, 0.3) is 0 Å². The smallest absolute Gasteiger partial charge is 0.0541 e. The van der Waals surface area contributed by atoms with Crippen molar-refractivity contribution in [3.63, 3.8) is 0 Å². The lowest BCUT2D eigenvalue weighted by molar-refractivity contribution is 1.04. The van der Waals surface area contributed by atoms with Crippen molar-refractivity contribution in [3.05, 3.63) is 96.6 Å². The molecule has 3 aromatic carbocycles. The Hall–Kier alpha value is -3.06. The zero-order valence-corrected chi connectivity index (χ0v) is 14.0. The summed E-state index contributed by atoms with van der Waals surface area (Å²) in [4.78, 5) is 0. The quantitative estimate of drug-likeness (QED) is 0.396. The standard InChI is InChI=1S/C24H19N/c1-2-8-18(9-3-1)19-14-16-20(17-15-19)25-23-12-6-4-10-21(23)22-11-5-7-13-24(22)25/h2,4-17H,1,3H2. The molecule has 25 heavy (non-hydrogen) atoms. The summed E-state index contributed by atoms with van der Waals surface area (Å²) in [7, 11) is 0. The summed E-state index contributed by atoms with van der Waals surface area (Å²) >= 11 is 0. The highest BCUT2D eigenvalue weighted by Crippen LogP contribution is 2.32. The van der Waals surface area contributed by atoms with Gasteiger partial charge in [-0.25, -0.2) is 0 Å². The van der Waals surface area contributed by atoms with Gasteiger partial charge in [-0.2, -0.15) is 0 Å². The van der Waals surface area contributed by atoms with Gasteiger partial charge in [-0.15, -0.1) is 0 Å². The lowest BCUT2D eigenvalue weighted by atomic mass is 9.99. The largest absolute Gasteiger partial charge is 0.309 e. The molecule has 0 radical (unpaired) electrons. The Morgan fingerprint density at radius 3 is 1.88 bits per heavy atom. The van der Waals surface area contributed by atoms with Gasteiger partial charge in [0.15, 0.2) is 0 Å². The number of fused-ring (bicyclic) bond motifs is 3. The molecule has 1 aliphatic carbocycles. The summed E-state index contributed by atoms with van der Waals surface area (Å²) in [6.07, 6.45) is 9.12. The normalized spacial score (nSPS) is 14.2. The Kier molecular flexibility index (Phi) is 3.31. The van der Waals surface area contributed by atoms with Gasteiger partial charge >= 0.3 is 0 Å². The van der Waals surface area contributed by atoms with Gasteiger partial charge in [0.05, 0.1) is 11.0 Å². The summed E-state index contributed by atoms with van der Waals surface area (Å²) in [5.41, 5.74) is 6.35. The molecule has 0 fully saturated rings. The lowest BCUT2D eigenvalue weighted by Crippen LogP contribution is -1.94. The third kappa shape index (κ3) is 2.32. The van der Waals surface area contributed by atoms with E-state index in [4.69, 9.17) is 0 Å². The molecule has 1 nitrogen and oxygen atoms in total. The monoisotopic (exact) mass is 321 g/mol. The predicted molar refractivity (Wildman–Crippen MR) is 107 cm³/mol. The van der Waals surface area contributed by atoms with Crippen molar-refractivity contribution in [2.24, 2.45) is 0 Å². The van der Waals surface area contributed by atoms with E-state index in [2.05, 4.69) is 95.6 Å². The average Bonchev–Trinajstić information content (AvgIpc) is 3.03. The van der Waals surface area contributed by atoms with E-state index < -0.39 is 0 Å². The second-order valence-corrected chi connectivity index (χ2v) is 6.56. The Balaban J connectivity index is 1.70. The third-order valence-electron chi connectivity index (χ3n) is 5.03. The Morgan fingerprint density at radius 2 is 1.28 bits per heavy atom. The first-order valence-electron chi connectivity index (χ1n) is 8.87. The minimum atomic E-state index is 1.14. The van der Waals surface area contributed by atoms with E-state index in [1.807, 2.05) is 0 Å². The summed E-state index contributed by atoms with van der Waals surface area (Å²) in [6.45, 7) is 0. The molecule has 0 atom stereocenters. The van der Waals surface area contributed by atoms with Crippen LogP contribution in [0.3, 0.4) is 0 Å². The summed E-state index contributed by atoms with van der Waals surface area (Å²) in [5, 5.41) is 2.61. The topological polar surface area (TPSA) is 4.93 Å². The third-order valence-corrected chi connectivity index (χ3v) is 5.03. The SMILES string of the molecule is C1=CC(c2ccc(-n3c4ccccc4c4ccccc43)cc2)=CCC1. The van der Waals surface area contributed by atoms with E-state index in [0.717, 1.165) is 12.8 Å². The van der Waals surface area contributed by atoms with Gasteiger partial charge in [0.1, 0.15) is 0 Å². The fourth-order valence-corrected chi connectivity index (χ4v) is 3.83. The number of hydrogen-bond acceptors (Lipinski definition) is 0. The molecule has 0 unspecified atom stereocenters. The molecule has 0 amide bonds. The van der Waals surface area contributed by atoms with Crippen molar-refractivity contribution < 1.29 is 0 Å². The summed E-state index contributed by atoms with van der Waals surface area (Å²) in [6, 6.07) is 26.2. The van der Waals surface area contributed by atoms with Crippen molar-refractivity contribution >= 4 is 27.4 Å². The molecule has 1 aliphatic rings. The van der Waals surface area contributed by atoms with Gasteiger partial charge in [-0.3, -0.25) is 0 Å². The van der Waals surface area contributed by atoms with Gasteiger partial charge in [-0.1, -0.05) is 66.8 Å². The first-order valence-corrected chi connectivity index (χ1v) is 8.87. The molecule has 0 saturated carbocycles. The number of rotatable bonds is 2. The van der Waals surface area contributed by atoms with Crippen molar-refractivity contribution in [1.82, 2.24) is 4.57 Å². The van der Waals surface area contributed by atoms with Crippen molar-refractivity contribution in [1.29, 1.82) is 0 Å². The van der Waals surface area contributed by atoms with Crippen LogP contribution >= 0.6 is 0 Å². The molecule has 120 valence electrons. The molecule has 4 aromatic rings.